The summed E-state index contributed by atoms with van der Waals surface area (Å²) < 4.78 is 1.80. The Hall–Kier alpha value is -2.11. The van der Waals surface area contributed by atoms with Crippen molar-refractivity contribution >= 4 is 17.2 Å². The lowest BCUT2D eigenvalue weighted by molar-refractivity contribution is -0.131. The van der Waals surface area contributed by atoms with Gasteiger partial charge in [-0.1, -0.05) is 0 Å². The summed E-state index contributed by atoms with van der Waals surface area (Å²) >= 11 is 0. The molecule has 21 heavy (non-hydrogen) atoms. The average molecular weight is 287 g/mol. The van der Waals surface area contributed by atoms with Crippen molar-refractivity contribution in [2.45, 2.75) is 32.6 Å². The molecule has 6 heteroatoms. The van der Waals surface area contributed by atoms with Gasteiger partial charge in [0.15, 0.2) is 5.82 Å². The highest BCUT2D eigenvalue weighted by molar-refractivity contribution is 5.77. The Kier molecular flexibility index (Phi) is 4.03. The quantitative estimate of drug-likeness (QED) is 0.932. The van der Waals surface area contributed by atoms with Gasteiger partial charge in [-0.3, -0.25) is 4.79 Å². The second-order valence-corrected chi connectivity index (χ2v) is 5.51. The van der Waals surface area contributed by atoms with Crippen molar-refractivity contribution in [3.05, 3.63) is 24.2 Å². The summed E-state index contributed by atoms with van der Waals surface area (Å²) in [6, 6.07) is 1.99. The fourth-order valence-corrected chi connectivity index (χ4v) is 2.77. The number of carbonyl (C=O) groups excluding carboxylic acids is 1. The fraction of sp³-hybridized carbons (Fsp3) is 0.533. The third-order valence-electron chi connectivity index (χ3n) is 3.85. The first kappa shape index (κ1) is 13.9. The van der Waals surface area contributed by atoms with Gasteiger partial charge in [0, 0.05) is 38.4 Å². The number of carbonyl (C=O) groups is 1. The maximum absolute atomic E-state index is 12.1. The summed E-state index contributed by atoms with van der Waals surface area (Å²) in [5.41, 5.74) is 1.90. The Labute approximate surface area is 124 Å². The first-order valence-corrected chi connectivity index (χ1v) is 7.57. The largest absolute Gasteiger partial charge is 0.368 e. The van der Waals surface area contributed by atoms with Crippen LogP contribution in [0.4, 0.5) is 5.82 Å². The molecule has 0 bridgehead atoms. The Bertz CT molecular complexity index is 630. The highest BCUT2D eigenvalue weighted by Gasteiger charge is 2.16. The topological polar surface area (TPSA) is 62.5 Å². The smallest absolute Gasteiger partial charge is 0.224 e. The van der Waals surface area contributed by atoms with Gasteiger partial charge in [-0.05, 0) is 32.3 Å². The Balaban J connectivity index is 1.58. The fourth-order valence-electron chi connectivity index (χ4n) is 2.77. The van der Waals surface area contributed by atoms with E-state index in [1.807, 2.05) is 24.1 Å². The van der Waals surface area contributed by atoms with Crippen molar-refractivity contribution in [3.8, 4) is 0 Å². The van der Waals surface area contributed by atoms with Crippen molar-refractivity contribution < 1.29 is 4.79 Å². The molecule has 0 unspecified atom stereocenters. The van der Waals surface area contributed by atoms with Crippen LogP contribution < -0.4 is 5.32 Å². The first-order valence-electron chi connectivity index (χ1n) is 7.57. The zero-order valence-electron chi connectivity index (χ0n) is 12.4. The summed E-state index contributed by atoms with van der Waals surface area (Å²) in [7, 11) is 0. The average Bonchev–Trinajstić information content (AvgIpc) is 2.89. The third-order valence-corrected chi connectivity index (χ3v) is 3.85. The van der Waals surface area contributed by atoms with Crippen LogP contribution in [0.5, 0.6) is 0 Å². The number of piperidine rings is 1. The molecule has 3 rings (SSSR count). The number of fused-ring (bicyclic) bond motifs is 1. The van der Waals surface area contributed by atoms with Gasteiger partial charge in [-0.15, -0.1) is 0 Å². The van der Waals surface area contributed by atoms with Crippen LogP contribution in [0.25, 0.3) is 5.52 Å². The van der Waals surface area contributed by atoms with Crippen LogP contribution in [0.2, 0.25) is 0 Å². The summed E-state index contributed by atoms with van der Waals surface area (Å²) in [6.07, 6.45) is 7.56. The minimum atomic E-state index is 0.235. The Morgan fingerprint density at radius 1 is 1.33 bits per heavy atom. The summed E-state index contributed by atoms with van der Waals surface area (Å²) in [6.45, 7) is 4.38. The molecule has 1 saturated heterocycles. The van der Waals surface area contributed by atoms with Gasteiger partial charge in [-0.25, -0.2) is 9.50 Å². The zero-order chi connectivity index (χ0) is 14.7. The molecule has 0 aromatic carbocycles. The van der Waals surface area contributed by atoms with E-state index in [9.17, 15) is 4.79 Å². The van der Waals surface area contributed by atoms with Crippen LogP contribution in [0.15, 0.2) is 18.5 Å². The molecule has 0 saturated carbocycles. The normalized spacial score (nSPS) is 15.4. The van der Waals surface area contributed by atoms with Gasteiger partial charge in [0.05, 0.1) is 5.69 Å². The summed E-state index contributed by atoms with van der Waals surface area (Å²) in [5, 5.41) is 7.60. The molecule has 1 amide bonds. The molecular weight excluding hydrogens is 266 g/mol. The van der Waals surface area contributed by atoms with Gasteiger partial charge < -0.3 is 10.2 Å². The number of aromatic nitrogens is 3. The minimum absolute atomic E-state index is 0.235. The molecule has 0 radical (unpaired) electrons. The molecule has 1 aliphatic rings. The molecule has 0 aliphatic carbocycles. The maximum Gasteiger partial charge on any atom is 0.224 e. The van der Waals surface area contributed by atoms with Crippen molar-refractivity contribution in [2.24, 2.45) is 0 Å². The summed E-state index contributed by atoms with van der Waals surface area (Å²) in [4.78, 5) is 18.4. The van der Waals surface area contributed by atoms with E-state index < -0.39 is 0 Å². The predicted molar refractivity (Wildman–Crippen MR) is 81.3 cm³/mol. The lowest BCUT2D eigenvalue weighted by Gasteiger charge is -2.26. The predicted octanol–water partition coefficient (Wildman–Crippen LogP) is 1.85. The molecule has 3 heterocycles. The van der Waals surface area contributed by atoms with E-state index in [0.29, 0.717) is 13.0 Å². The van der Waals surface area contributed by atoms with E-state index in [4.69, 9.17) is 0 Å². The second-order valence-electron chi connectivity index (χ2n) is 5.51. The third kappa shape index (κ3) is 3.15. The monoisotopic (exact) mass is 287 g/mol. The van der Waals surface area contributed by atoms with E-state index in [2.05, 4.69) is 15.4 Å². The van der Waals surface area contributed by atoms with Gasteiger partial charge in [0.25, 0.3) is 0 Å². The second kappa shape index (κ2) is 6.11. The van der Waals surface area contributed by atoms with Crippen LogP contribution in [0.1, 0.15) is 31.4 Å². The van der Waals surface area contributed by atoms with Gasteiger partial charge in [0.2, 0.25) is 5.91 Å². The Morgan fingerprint density at radius 3 is 2.95 bits per heavy atom. The van der Waals surface area contributed by atoms with E-state index >= 15 is 0 Å². The van der Waals surface area contributed by atoms with E-state index in [-0.39, 0.29) is 5.91 Å². The number of anilines is 1. The van der Waals surface area contributed by atoms with Crippen molar-refractivity contribution in [2.75, 3.05) is 25.0 Å². The molecule has 112 valence electrons. The van der Waals surface area contributed by atoms with E-state index in [1.165, 1.54) is 6.42 Å². The number of rotatable bonds is 4. The molecular formula is C15H21N5O. The molecule has 0 atom stereocenters. The minimum Gasteiger partial charge on any atom is -0.368 e. The molecule has 0 spiro atoms. The van der Waals surface area contributed by atoms with Crippen LogP contribution >= 0.6 is 0 Å². The van der Waals surface area contributed by atoms with Gasteiger partial charge >= 0.3 is 0 Å². The van der Waals surface area contributed by atoms with E-state index in [0.717, 1.165) is 43.0 Å². The number of hydrogen-bond donors (Lipinski definition) is 1. The number of amides is 1. The highest BCUT2D eigenvalue weighted by atomic mass is 16.2. The van der Waals surface area contributed by atoms with E-state index in [1.54, 1.807) is 10.7 Å². The lowest BCUT2D eigenvalue weighted by atomic mass is 10.1. The molecule has 1 aliphatic heterocycles. The number of aryl methyl sites for hydroxylation is 1. The molecule has 1 fully saturated rings. The first-order chi connectivity index (χ1) is 10.2. The highest BCUT2D eigenvalue weighted by Crippen LogP contribution is 2.15. The molecule has 1 N–H and O–H groups in total. The molecule has 2 aromatic rings. The number of likely N-dealkylation sites (tertiary alicyclic amines) is 1. The number of hydrogen-bond acceptors (Lipinski definition) is 4. The lowest BCUT2D eigenvalue weighted by Crippen LogP contribution is -2.36. The van der Waals surface area contributed by atoms with Crippen LogP contribution in [-0.2, 0) is 4.79 Å². The number of nitrogens with one attached hydrogen (secondary N) is 1. The summed E-state index contributed by atoms with van der Waals surface area (Å²) in [5.74, 6) is 1.02. The van der Waals surface area contributed by atoms with Crippen molar-refractivity contribution in [1.82, 2.24) is 19.5 Å². The number of nitrogens with zero attached hydrogens (tertiary/aromatic N) is 4. The van der Waals surface area contributed by atoms with Crippen LogP contribution in [-0.4, -0.2) is 45.0 Å². The SMILES string of the molecule is Cc1cc2c(NCCC(=O)N3CCCCC3)nccn2n1. The van der Waals surface area contributed by atoms with Crippen molar-refractivity contribution in [1.29, 1.82) is 0 Å². The van der Waals surface area contributed by atoms with Gasteiger partial charge in [-0.2, -0.15) is 5.10 Å². The maximum atomic E-state index is 12.1. The van der Waals surface area contributed by atoms with Crippen LogP contribution in [0, 0.1) is 6.92 Å². The molecule has 6 nitrogen and oxygen atoms in total. The molecule has 2 aromatic heterocycles. The van der Waals surface area contributed by atoms with Crippen LogP contribution in [0.3, 0.4) is 0 Å². The standard InChI is InChI=1S/C15H21N5O/c1-12-11-13-15(17-7-10-20(13)18-12)16-6-5-14(21)19-8-3-2-4-9-19/h7,10-11H,2-6,8-9H2,1H3,(H,16,17). The van der Waals surface area contributed by atoms with Gasteiger partial charge in [0.1, 0.15) is 5.52 Å². The zero-order valence-corrected chi connectivity index (χ0v) is 12.4. The Morgan fingerprint density at radius 2 is 2.14 bits per heavy atom. The van der Waals surface area contributed by atoms with Crippen molar-refractivity contribution in [3.63, 3.8) is 0 Å².